The first-order valence-corrected chi connectivity index (χ1v) is 5.68. The van der Waals surface area contributed by atoms with Crippen LogP contribution in [0.5, 0.6) is 0 Å². The zero-order valence-electron chi connectivity index (χ0n) is 9.28. The lowest BCUT2D eigenvalue weighted by atomic mass is 10.0. The van der Waals surface area contributed by atoms with Crippen LogP contribution in [0.3, 0.4) is 0 Å². The molecule has 18 heavy (non-hydrogen) atoms. The molecule has 1 heterocycles. The first kappa shape index (κ1) is 12.9. The maximum atomic E-state index is 13.4. The predicted molar refractivity (Wildman–Crippen MR) is 64.3 cm³/mol. The van der Waals surface area contributed by atoms with E-state index in [1.54, 1.807) is 0 Å². The summed E-state index contributed by atoms with van der Waals surface area (Å²) >= 11 is 5.88. The number of benzene rings is 1. The van der Waals surface area contributed by atoms with E-state index in [-0.39, 0.29) is 12.1 Å². The van der Waals surface area contributed by atoms with Crippen LogP contribution in [0.25, 0.3) is 0 Å². The molecule has 0 fully saturated rings. The maximum absolute atomic E-state index is 13.4. The van der Waals surface area contributed by atoms with E-state index in [0.717, 1.165) is 0 Å². The van der Waals surface area contributed by atoms with Gasteiger partial charge in [-0.05, 0) is 35.9 Å². The van der Waals surface area contributed by atoms with Gasteiger partial charge in [-0.25, -0.2) is 8.78 Å². The van der Waals surface area contributed by atoms with Crippen molar-refractivity contribution in [3.8, 4) is 0 Å². The summed E-state index contributed by atoms with van der Waals surface area (Å²) in [6, 6.07) is 6.47. The number of aliphatic hydroxyl groups is 1. The van der Waals surface area contributed by atoms with Crippen molar-refractivity contribution in [2.75, 3.05) is 0 Å². The summed E-state index contributed by atoms with van der Waals surface area (Å²) in [7, 11) is 0. The Kier molecular flexibility index (Phi) is 3.89. The van der Waals surface area contributed by atoms with Crippen molar-refractivity contribution in [1.29, 1.82) is 0 Å². The second-order valence-corrected chi connectivity index (χ2v) is 4.23. The molecule has 1 N–H and O–H groups in total. The summed E-state index contributed by atoms with van der Waals surface area (Å²) in [6.07, 6.45) is 0.227. The van der Waals surface area contributed by atoms with Gasteiger partial charge < -0.3 is 5.11 Å². The molecule has 0 saturated heterocycles. The van der Waals surface area contributed by atoms with Gasteiger partial charge in [-0.2, -0.15) is 0 Å². The second-order valence-electron chi connectivity index (χ2n) is 3.83. The summed E-state index contributed by atoms with van der Waals surface area (Å²) < 4.78 is 26.4. The van der Waals surface area contributed by atoms with Gasteiger partial charge in [-0.1, -0.05) is 11.6 Å². The molecule has 5 heteroatoms. The molecule has 0 saturated carbocycles. The van der Waals surface area contributed by atoms with Crippen LogP contribution in [0.4, 0.5) is 8.78 Å². The van der Waals surface area contributed by atoms with Crippen LogP contribution >= 0.6 is 11.6 Å². The molecular formula is C13H10ClF2NO. The molecule has 94 valence electrons. The van der Waals surface area contributed by atoms with Gasteiger partial charge in [0.05, 0.1) is 0 Å². The molecule has 0 radical (unpaired) electrons. The van der Waals surface area contributed by atoms with Crippen LogP contribution < -0.4 is 0 Å². The quantitative estimate of drug-likeness (QED) is 0.927. The van der Waals surface area contributed by atoms with E-state index in [2.05, 4.69) is 4.98 Å². The highest BCUT2D eigenvalue weighted by Crippen LogP contribution is 2.24. The molecule has 1 aromatic heterocycles. The Bertz CT molecular complexity index is 562. The van der Waals surface area contributed by atoms with E-state index in [4.69, 9.17) is 11.6 Å². The number of nitrogens with zero attached hydrogens (tertiary/aromatic N) is 1. The third-order valence-corrected chi connectivity index (χ3v) is 2.89. The van der Waals surface area contributed by atoms with E-state index in [0.29, 0.717) is 10.6 Å². The third-order valence-electron chi connectivity index (χ3n) is 2.52. The Labute approximate surface area is 108 Å². The van der Waals surface area contributed by atoms with Crippen molar-refractivity contribution in [2.45, 2.75) is 12.5 Å². The van der Waals surface area contributed by atoms with Crippen molar-refractivity contribution >= 4 is 11.6 Å². The second kappa shape index (κ2) is 5.42. The van der Waals surface area contributed by atoms with Crippen molar-refractivity contribution in [3.05, 3.63) is 64.4 Å². The van der Waals surface area contributed by atoms with Gasteiger partial charge in [-0.15, -0.1) is 0 Å². The molecule has 2 aromatic rings. The minimum absolute atomic E-state index is 0.00449. The smallest absolute Gasteiger partial charge is 0.147 e. The van der Waals surface area contributed by atoms with Crippen LogP contribution in [0.2, 0.25) is 5.02 Å². The van der Waals surface area contributed by atoms with E-state index in [1.807, 2.05) is 0 Å². The zero-order chi connectivity index (χ0) is 13.1. The molecule has 2 rings (SSSR count). The van der Waals surface area contributed by atoms with Crippen molar-refractivity contribution in [1.82, 2.24) is 4.98 Å². The minimum Gasteiger partial charge on any atom is -0.386 e. The number of hydrogen-bond donors (Lipinski definition) is 1. The average molecular weight is 270 g/mol. The minimum atomic E-state index is -1.16. The molecule has 0 spiro atoms. The Hall–Kier alpha value is -1.52. The van der Waals surface area contributed by atoms with Gasteiger partial charge in [0.25, 0.3) is 0 Å². The highest BCUT2D eigenvalue weighted by molar-refractivity contribution is 6.31. The molecule has 2 nitrogen and oxygen atoms in total. The number of hydrogen-bond acceptors (Lipinski definition) is 2. The lowest BCUT2D eigenvalue weighted by Crippen LogP contribution is -2.07. The molecule has 0 amide bonds. The predicted octanol–water partition coefficient (Wildman–Crippen LogP) is 3.29. The monoisotopic (exact) mass is 269 g/mol. The number of pyridine rings is 1. The van der Waals surface area contributed by atoms with E-state index in [9.17, 15) is 13.9 Å². The van der Waals surface area contributed by atoms with Crippen LogP contribution in [0.15, 0.2) is 36.5 Å². The number of aromatic nitrogens is 1. The Morgan fingerprint density at radius 1 is 1.28 bits per heavy atom. The van der Waals surface area contributed by atoms with Crippen LogP contribution in [0, 0.1) is 11.6 Å². The lowest BCUT2D eigenvalue weighted by molar-refractivity contribution is 0.168. The highest BCUT2D eigenvalue weighted by atomic mass is 35.5. The van der Waals surface area contributed by atoms with Crippen LogP contribution in [-0.2, 0) is 6.42 Å². The van der Waals surface area contributed by atoms with Crippen LogP contribution in [-0.4, -0.2) is 10.1 Å². The average Bonchev–Trinajstić information content (AvgIpc) is 2.34. The zero-order valence-corrected chi connectivity index (χ0v) is 10.0. The number of rotatable bonds is 3. The Balaban J connectivity index is 2.24. The van der Waals surface area contributed by atoms with Crippen LogP contribution in [0.1, 0.15) is 17.4 Å². The molecule has 0 aliphatic carbocycles. The molecule has 0 bridgehead atoms. The fourth-order valence-corrected chi connectivity index (χ4v) is 1.84. The van der Waals surface area contributed by atoms with Gasteiger partial charge in [0, 0.05) is 17.6 Å². The molecule has 1 unspecified atom stereocenters. The van der Waals surface area contributed by atoms with Gasteiger partial charge in [-0.3, -0.25) is 4.98 Å². The van der Waals surface area contributed by atoms with Gasteiger partial charge in [0.15, 0.2) is 0 Å². The summed E-state index contributed by atoms with van der Waals surface area (Å²) in [5.41, 5.74) is 0.340. The van der Waals surface area contributed by atoms with E-state index >= 15 is 0 Å². The third kappa shape index (κ3) is 2.83. The maximum Gasteiger partial charge on any atom is 0.147 e. The fraction of sp³-hybridized carbons (Fsp3) is 0.154. The highest BCUT2D eigenvalue weighted by Gasteiger charge is 2.16. The summed E-state index contributed by atoms with van der Waals surface area (Å²) in [6.45, 7) is 0. The molecule has 1 atom stereocenters. The largest absolute Gasteiger partial charge is 0.386 e. The molecule has 0 aliphatic rings. The summed E-state index contributed by atoms with van der Waals surface area (Å²) in [5.74, 6) is -1.05. The first-order chi connectivity index (χ1) is 8.58. The fourth-order valence-electron chi connectivity index (χ4n) is 1.65. The SMILES string of the molecule is OC(Cc1cc(F)ccc1Cl)c1ncccc1F. The Morgan fingerprint density at radius 3 is 2.78 bits per heavy atom. The summed E-state index contributed by atoms with van der Waals surface area (Å²) in [4.78, 5) is 3.76. The Morgan fingerprint density at radius 2 is 2.06 bits per heavy atom. The summed E-state index contributed by atoms with van der Waals surface area (Å²) in [5, 5.41) is 10.2. The van der Waals surface area contributed by atoms with Gasteiger partial charge in [0.1, 0.15) is 23.4 Å². The van der Waals surface area contributed by atoms with E-state index in [1.165, 1.54) is 36.5 Å². The number of aliphatic hydroxyl groups excluding tert-OH is 1. The molecule has 1 aromatic carbocycles. The topological polar surface area (TPSA) is 33.1 Å². The van der Waals surface area contributed by atoms with Gasteiger partial charge in [0.2, 0.25) is 0 Å². The lowest BCUT2D eigenvalue weighted by Gasteiger charge is -2.12. The van der Waals surface area contributed by atoms with Crippen molar-refractivity contribution in [3.63, 3.8) is 0 Å². The van der Waals surface area contributed by atoms with Gasteiger partial charge >= 0.3 is 0 Å². The number of halogens is 3. The first-order valence-electron chi connectivity index (χ1n) is 5.30. The normalized spacial score (nSPS) is 12.4. The molecular weight excluding hydrogens is 260 g/mol. The van der Waals surface area contributed by atoms with Crippen molar-refractivity contribution in [2.24, 2.45) is 0 Å². The van der Waals surface area contributed by atoms with Crippen molar-refractivity contribution < 1.29 is 13.9 Å². The molecule has 0 aliphatic heterocycles. The standard InChI is InChI=1S/C13H10ClF2NO/c14-10-4-3-9(15)6-8(10)7-12(18)13-11(16)2-1-5-17-13/h1-6,12,18H,7H2. The van der Waals surface area contributed by atoms with E-state index < -0.39 is 17.7 Å².